The van der Waals surface area contributed by atoms with Gasteiger partial charge in [0.05, 0.1) is 6.04 Å². The standard InChI is InChI=1S/C16H17BrN2S/c1-12(14-7-9-15(17)10-8-14)19-16(20)18-11-13-5-3-2-4-6-13/h2-10,12H,11H2,1H3,(H2,18,19,20)/t12-/m1/s1. The van der Waals surface area contributed by atoms with Crippen molar-refractivity contribution in [2.75, 3.05) is 0 Å². The maximum Gasteiger partial charge on any atom is 0.167 e. The van der Waals surface area contributed by atoms with Crippen molar-refractivity contribution >= 4 is 33.3 Å². The molecule has 2 rings (SSSR count). The molecule has 0 saturated heterocycles. The average molecular weight is 349 g/mol. The van der Waals surface area contributed by atoms with E-state index in [-0.39, 0.29) is 6.04 Å². The van der Waals surface area contributed by atoms with Crippen molar-refractivity contribution in [2.24, 2.45) is 0 Å². The Morgan fingerprint density at radius 1 is 1.10 bits per heavy atom. The van der Waals surface area contributed by atoms with Crippen LogP contribution in [0.3, 0.4) is 0 Å². The van der Waals surface area contributed by atoms with E-state index in [1.165, 1.54) is 11.1 Å². The van der Waals surface area contributed by atoms with Crippen LogP contribution in [0.4, 0.5) is 0 Å². The molecule has 0 bridgehead atoms. The van der Waals surface area contributed by atoms with Crippen LogP contribution in [-0.4, -0.2) is 5.11 Å². The SMILES string of the molecule is C[C@@H](NC(=S)NCc1ccccc1)c1ccc(Br)cc1. The average Bonchev–Trinajstić information content (AvgIpc) is 2.47. The van der Waals surface area contributed by atoms with Crippen LogP contribution in [0, 0.1) is 0 Å². The van der Waals surface area contributed by atoms with Crippen molar-refractivity contribution in [3.05, 3.63) is 70.2 Å². The van der Waals surface area contributed by atoms with E-state index in [2.05, 4.69) is 57.8 Å². The summed E-state index contributed by atoms with van der Waals surface area (Å²) in [4.78, 5) is 0. The minimum Gasteiger partial charge on any atom is -0.359 e. The van der Waals surface area contributed by atoms with Gasteiger partial charge in [-0.15, -0.1) is 0 Å². The molecule has 0 aromatic heterocycles. The third-order valence-electron chi connectivity index (χ3n) is 3.01. The largest absolute Gasteiger partial charge is 0.359 e. The quantitative estimate of drug-likeness (QED) is 0.810. The Labute approximate surface area is 133 Å². The summed E-state index contributed by atoms with van der Waals surface area (Å²) in [7, 11) is 0. The summed E-state index contributed by atoms with van der Waals surface area (Å²) in [6, 6.07) is 18.6. The van der Waals surface area contributed by atoms with Gasteiger partial charge in [-0.25, -0.2) is 0 Å². The molecule has 0 aliphatic rings. The molecule has 2 N–H and O–H groups in total. The Hall–Kier alpha value is -1.39. The number of rotatable bonds is 4. The number of hydrogen-bond acceptors (Lipinski definition) is 1. The first-order chi connectivity index (χ1) is 9.65. The van der Waals surface area contributed by atoms with Crippen molar-refractivity contribution in [1.82, 2.24) is 10.6 Å². The maximum absolute atomic E-state index is 5.32. The summed E-state index contributed by atoms with van der Waals surface area (Å²) in [5, 5.41) is 7.18. The van der Waals surface area contributed by atoms with Gasteiger partial charge in [0.2, 0.25) is 0 Å². The fourth-order valence-electron chi connectivity index (χ4n) is 1.86. The van der Waals surface area contributed by atoms with Crippen molar-refractivity contribution in [2.45, 2.75) is 19.5 Å². The molecule has 1 atom stereocenters. The highest BCUT2D eigenvalue weighted by Gasteiger charge is 2.06. The van der Waals surface area contributed by atoms with E-state index in [4.69, 9.17) is 12.2 Å². The monoisotopic (exact) mass is 348 g/mol. The molecule has 0 spiro atoms. The first-order valence-corrected chi connectivity index (χ1v) is 7.69. The molecular formula is C16H17BrN2S. The predicted octanol–water partition coefficient (Wildman–Crippen LogP) is 4.17. The van der Waals surface area contributed by atoms with Gasteiger partial charge in [0.1, 0.15) is 0 Å². The Morgan fingerprint density at radius 3 is 2.40 bits per heavy atom. The normalized spacial score (nSPS) is 11.7. The molecule has 0 heterocycles. The number of benzene rings is 2. The number of halogens is 1. The van der Waals surface area contributed by atoms with Crippen molar-refractivity contribution < 1.29 is 0 Å². The Bertz CT molecular complexity index is 554. The number of nitrogens with one attached hydrogen (secondary N) is 2. The van der Waals surface area contributed by atoms with Crippen molar-refractivity contribution in [3.63, 3.8) is 0 Å². The molecule has 20 heavy (non-hydrogen) atoms. The van der Waals surface area contributed by atoms with E-state index < -0.39 is 0 Å². The van der Waals surface area contributed by atoms with E-state index in [0.29, 0.717) is 5.11 Å². The molecule has 2 aromatic carbocycles. The van der Waals surface area contributed by atoms with E-state index >= 15 is 0 Å². The van der Waals surface area contributed by atoms with Crippen LogP contribution < -0.4 is 10.6 Å². The van der Waals surface area contributed by atoms with Crippen LogP contribution in [0.2, 0.25) is 0 Å². The van der Waals surface area contributed by atoms with E-state index in [1.807, 2.05) is 30.3 Å². The second kappa shape index (κ2) is 7.41. The first kappa shape index (κ1) is 15.0. The lowest BCUT2D eigenvalue weighted by atomic mass is 10.1. The smallest absolute Gasteiger partial charge is 0.167 e. The molecule has 0 aliphatic carbocycles. The summed E-state index contributed by atoms with van der Waals surface area (Å²) in [6.45, 7) is 2.83. The highest BCUT2D eigenvalue weighted by molar-refractivity contribution is 9.10. The molecule has 0 radical (unpaired) electrons. The second-order valence-electron chi connectivity index (χ2n) is 4.59. The Morgan fingerprint density at radius 2 is 1.75 bits per heavy atom. The van der Waals surface area contributed by atoms with Gasteiger partial charge in [-0.3, -0.25) is 0 Å². The van der Waals surface area contributed by atoms with Gasteiger partial charge in [0.25, 0.3) is 0 Å². The summed E-state index contributed by atoms with van der Waals surface area (Å²) in [6.07, 6.45) is 0. The van der Waals surface area contributed by atoms with E-state index in [9.17, 15) is 0 Å². The van der Waals surface area contributed by atoms with Crippen molar-refractivity contribution in [3.8, 4) is 0 Å². The minimum atomic E-state index is 0.180. The fourth-order valence-corrected chi connectivity index (χ4v) is 2.37. The zero-order valence-electron chi connectivity index (χ0n) is 11.3. The van der Waals surface area contributed by atoms with E-state index in [1.54, 1.807) is 0 Å². The third-order valence-corrected chi connectivity index (χ3v) is 3.80. The van der Waals surface area contributed by atoms with Gasteiger partial charge in [-0.1, -0.05) is 58.4 Å². The highest BCUT2D eigenvalue weighted by Crippen LogP contribution is 2.16. The Kier molecular flexibility index (Phi) is 5.56. The Balaban J connectivity index is 1.83. The lowest BCUT2D eigenvalue weighted by Gasteiger charge is -2.17. The molecule has 0 aliphatic heterocycles. The van der Waals surface area contributed by atoms with Gasteiger partial charge in [0.15, 0.2) is 5.11 Å². The van der Waals surface area contributed by atoms with Crippen LogP contribution in [0.5, 0.6) is 0 Å². The molecule has 104 valence electrons. The summed E-state index contributed by atoms with van der Waals surface area (Å²) in [5.74, 6) is 0. The van der Waals surface area contributed by atoms with E-state index in [0.717, 1.165) is 11.0 Å². The molecule has 4 heteroatoms. The number of hydrogen-bond donors (Lipinski definition) is 2. The first-order valence-electron chi connectivity index (χ1n) is 6.49. The van der Waals surface area contributed by atoms with Gasteiger partial charge in [0, 0.05) is 11.0 Å². The molecule has 0 unspecified atom stereocenters. The zero-order valence-corrected chi connectivity index (χ0v) is 13.7. The number of thiocarbonyl (C=S) groups is 1. The lowest BCUT2D eigenvalue weighted by Crippen LogP contribution is -2.36. The van der Waals surface area contributed by atoms with Gasteiger partial charge in [-0.2, -0.15) is 0 Å². The molecule has 2 nitrogen and oxygen atoms in total. The predicted molar refractivity (Wildman–Crippen MR) is 91.6 cm³/mol. The zero-order chi connectivity index (χ0) is 14.4. The molecule has 0 amide bonds. The van der Waals surface area contributed by atoms with Crippen LogP contribution in [0.15, 0.2) is 59.1 Å². The van der Waals surface area contributed by atoms with Crippen LogP contribution in [-0.2, 0) is 6.54 Å². The van der Waals surface area contributed by atoms with Gasteiger partial charge in [-0.05, 0) is 42.4 Å². The summed E-state index contributed by atoms with van der Waals surface area (Å²) in [5.41, 5.74) is 2.42. The molecular weight excluding hydrogens is 332 g/mol. The second-order valence-corrected chi connectivity index (χ2v) is 5.91. The van der Waals surface area contributed by atoms with Crippen LogP contribution in [0.1, 0.15) is 24.1 Å². The summed E-state index contributed by atoms with van der Waals surface area (Å²) < 4.78 is 1.08. The van der Waals surface area contributed by atoms with Crippen LogP contribution >= 0.6 is 28.1 Å². The third kappa shape index (κ3) is 4.62. The summed E-state index contributed by atoms with van der Waals surface area (Å²) >= 11 is 8.76. The van der Waals surface area contributed by atoms with Gasteiger partial charge >= 0.3 is 0 Å². The highest BCUT2D eigenvalue weighted by atomic mass is 79.9. The van der Waals surface area contributed by atoms with Crippen LogP contribution in [0.25, 0.3) is 0 Å². The lowest BCUT2D eigenvalue weighted by molar-refractivity contribution is 0.697. The maximum atomic E-state index is 5.32. The fraction of sp³-hybridized carbons (Fsp3) is 0.188. The topological polar surface area (TPSA) is 24.1 Å². The molecule has 0 fully saturated rings. The van der Waals surface area contributed by atoms with Crippen molar-refractivity contribution in [1.29, 1.82) is 0 Å². The minimum absolute atomic E-state index is 0.180. The van der Waals surface area contributed by atoms with Gasteiger partial charge < -0.3 is 10.6 Å². The molecule has 0 saturated carbocycles. The molecule has 2 aromatic rings.